The highest BCUT2D eigenvalue weighted by atomic mass is 32.2. The van der Waals surface area contributed by atoms with Crippen LogP contribution in [0.25, 0.3) is 0 Å². The molecule has 9 heteroatoms. The predicted octanol–water partition coefficient (Wildman–Crippen LogP) is 1.16. The molecule has 1 aliphatic heterocycles. The van der Waals surface area contributed by atoms with Crippen LogP contribution in [0, 0.1) is 12.7 Å². The maximum absolute atomic E-state index is 13.9. The lowest BCUT2D eigenvalue weighted by Gasteiger charge is -2.22. The Morgan fingerprint density at radius 2 is 2.00 bits per heavy atom. The molecule has 0 unspecified atom stereocenters. The first-order valence-corrected chi connectivity index (χ1v) is 9.19. The van der Waals surface area contributed by atoms with Gasteiger partial charge in [-0.15, -0.1) is 0 Å². The van der Waals surface area contributed by atoms with Crippen molar-refractivity contribution in [3.8, 4) is 0 Å². The van der Waals surface area contributed by atoms with E-state index in [1.165, 1.54) is 27.4 Å². The van der Waals surface area contributed by atoms with Crippen LogP contribution >= 0.6 is 0 Å². The van der Waals surface area contributed by atoms with Crippen LogP contribution in [0.2, 0.25) is 0 Å². The van der Waals surface area contributed by atoms with Crippen LogP contribution in [0.1, 0.15) is 12.1 Å². The number of nitrogens with zero attached hydrogens (tertiary/aromatic N) is 5. The summed E-state index contributed by atoms with van der Waals surface area (Å²) in [6.07, 6.45) is 3.66. The Hall–Kier alpha value is -2.00. The molecule has 2 aromatic heterocycles. The highest BCUT2D eigenvalue weighted by Gasteiger charge is 2.30. The van der Waals surface area contributed by atoms with Gasteiger partial charge < -0.3 is 4.90 Å². The van der Waals surface area contributed by atoms with Crippen molar-refractivity contribution in [2.75, 3.05) is 31.1 Å². The molecule has 0 aliphatic carbocycles. The van der Waals surface area contributed by atoms with Crippen molar-refractivity contribution in [3.05, 3.63) is 36.0 Å². The van der Waals surface area contributed by atoms with Gasteiger partial charge in [-0.2, -0.15) is 9.40 Å². The maximum Gasteiger partial charge on any atom is 0.246 e. The summed E-state index contributed by atoms with van der Waals surface area (Å²) in [5.41, 5.74) is 0.481. The van der Waals surface area contributed by atoms with Gasteiger partial charge in [-0.1, -0.05) is 0 Å². The van der Waals surface area contributed by atoms with Gasteiger partial charge >= 0.3 is 0 Å². The second kappa shape index (κ2) is 6.48. The summed E-state index contributed by atoms with van der Waals surface area (Å²) >= 11 is 0. The van der Waals surface area contributed by atoms with Crippen molar-refractivity contribution in [2.45, 2.75) is 18.2 Å². The van der Waals surface area contributed by atoms with Crippen molar-refractivity contribution in [1.29, 1.82) is 0 Å². The van der Waals surface area contributed by atoms with E-state index in [1.54, 1.807) is 24.9 Å². The number of aryl methyl sites for hydroxylation is 2. The number of rotatable bonds is 3. The van der Waals surface area contributed by atoms with Gasteiger partial charge in [0, 0.05) is 45.6 Å². The minimum Gasteiger partial charge on any atom is -0.353 e. The summed E-state index contributed by atoms with van der Waals surface area (Å²) in [6.45, 7) is 3.31. The molecule has 0 atom stereocenters. The van der Waals surface area contributed by atoms with Gasteiger partial charge in [-0.05, 0) is 25.5 Å². The molecule has 2 aromatic rings. The topological polar surface area (TPSA) is 71.3 Å². The Kier molecular flexibility index (Phi) is 4.55. The summed E-state index contributed by atoms with van der Waals surface area (Å²) < 4.78 is 42.5. The number of sulfonamides is 1. The van der Waals surface area contributed by atoms with E-state index in [4.69, 9.17) is 0 Å². The van der Waals surface area contributed by atoms with Crippen molar-refractivity contribution in [3.63, 3.8) is 0 Å². The molecule has 7 nitrogen and oxygen atoms in total. The van der Waals surface area contributed by atoms with Crippen LogP contribution in [0.15, 0.2) is 29.4 Å². The van der Waals surface area contributed by atoms with E-state index in [0.29, 0.717) is 31.7 Å². The van der Waals surface area contributed by atoms with E-state index < -0.39 is 15.8 Å². The molecule has 3 heterocycles. The smallest absolute Gasteiger partial charge is 0.246 e. The third-order valence-electron chi connectivity index (χ3n) is 4.08. The Morgan fingerprint density at radius 1 is 1.21 bits per heavy atom. The van der Waals surface area contributed by atoms with E-state index in [0.717, 1.165) is 0 Å². The number of hydrogen-bond acceptors (Lipinski definition) is 5. The standard InChI is InChI=1S/C15H20FN5O2S/c1-12-14(11-19(2)18-12)24(22,23)21-8-4-7-20(9-10-21)15-13(16)5-3-6-17-15/h3,5-6,11H,4,7-10H2,1-2H3. The average Bonchev–Trinajstić information content (AvgIpc) is 2.75. The Balaban J connectivity index is 1.81. The van der Waals surface area contributed by atoms with E-state index in [1.807, 2.05) is 0 Å². The molecule has 0 aromatic carbocycles. The zero-order valence-electron chi connectivity index (χ0n) is 13.7. The lowest BCUT2D eigenvalue weighted by atomic mass is 10.3. The van der Waals surface area contributed by atoms with Crippen LogP contribution in [-0.2, 0) is 17.1 Å². The summed E-state index contributed by atoms with van der Waals surface area (Å²) in [6, 6.07) is 2.90. The highest BCUT2D eigenvalue weighted by Crippen LogP contribution is 2.22. The first-order chi connectivity index (χ1) is 11.4. The Bertz CT molecular complexity index is 836. The van der Waals surface area contributed by atoms with E-state index >= 15 is 0 Å². The van der Waals surface area contributed by atoms with Crippen LogP contribution in [0.5, 0.6) is 0 Å². The molecule has 24 heavy (non-hydrogen) atoms. The molecule has 3 rings (SSSR count). The number of pyridine rings is 1. The summed E-state index contributed by atoms with van der Waals surface area (Å²) in [4.78, 5) is 6.09. The average molecular weight is 353 g/mol. The minimum atomic E-state index is -3.60. The number of hydrogen-bond donors (Lipinski definition) is 0. The number of halogens is 1. The van der Waals surface area contributed by atoms with Crippen LogP contribution in [0.3, 0.4) is 0 Å². The second-order valence-corrected chi connectivity index (χ2v) is 7.71. The first kappa shape index (κ1) is 16.8. The van der Waals surface area contributed by atoms with Crippen LogP contribution in [0.4, 0.5) is 10.2 Å². The van der Waals surface area contributed by atoms with Crippen molar-refractivity contribution in [1.82, 2.24) is 19.1 Å². The molecule has 130 valence electrons. The zero-order chi connectivity index (χ0) is 17.3. The molecule has 1 aliphatic rings. The van der Waals surface area contributed by atoms with Gasteiger partial charge in [0.25, 0.3) is 0 Å². The summed E-state index contributed by atoms with van der Waals surface area (Å²) in [5.74, 6) is -0.119. The van der Waals surface area contributed by atoms with E-state index in [-0.39, 0.29) is 17.3 Å². The maximum atomic E-state index is 13.9. The molecule has 0 amide bonds. The van der Waals surface area contributed by atoms with Gasteiger partial charge in [-0.25, -0.2) is 17.8 Å². The van der Waals surface area contributed by atoms with Gasteiger partial charge in [0.05, 0.1) is 5.69 Å². The third-order valence-corrected chi connectivity index (χ3v) is 6.08. The first-order valence-electron chi connectivity index (χ1n) is 7.75. The van der Waals surface area contributed by atoms with Crippen molar-refractivity contribution in [2.24, 2.45) is 7.05 Å². The van der Waals surface area contributed by atoms with Crippen molar-refractivity contribution >= 4 is 15.8 Å². The molecule has 0 saturated carbocycles. The number of anilines is 1. The van der Waals surface area contributed by atoms with Gasteiger partial charge in [0.2, 0.25) is 10.0 Å². The monoisotopic (exact) mass is 353 g/mol. The lowest BCUT2D eigenvalue weighted by Crippen LogP contribution is -2.35. The lowest BCUT2D eigenvalue weighted by molar-refractivity contribution is 0.432. The van der Waals surface area contributed by atoms with Crippen LogP contribution < -0.4 is 4.90 Å². The Morgan fingerprint density at radius 3 is 2.67 bits per heavy atom. The highest BCUT2D eigenvalue weighted by molar-refractivity contribution is 7.89. The molecule has 0 bridgehead atoms. The Labute approximate surface area is 140 Å². The molecular formula is C15H20FN5O2S. The second-order valence-electron chi connectivity index (χ2n) is 5.81. The normalized spacial score (nSPS) is 17.0. The third kappa shape index (κ3) is 3.13. The fraction of sp³-hybridized carbons (Fsp3) is 0.467. The molecular weight excluding hydrogens is 333 g/mol. The summed E-state index contributed by atoms with van der Waals surface area (Å²) in [7, 11) is -1.91. The summed E-state index contributed by atoms with van der Waals surface area (Å²) in [5, 5.41) is 4.11. The fourth-order valence-corrected chi connectivity index (χ4v) is 4.60. The molecule has 1 saturated heterocycles. The molecule has 0 radical (unpaired) electrons. The molecule has 1 fully saturated rings. The van der Waals surface area contributed by atoms with Gasteiger partial charge in [0.15, 0.2) is 11.6 Å². The molecule has 0 spiro atoms. The fourth-order valence-electron chi connectivity index (χ4n) is 2.93. The molecule has 0 N–H and O–H groups in total. The largest absolute Gasteiger partial charge is 0.353 e. The van der Waals surface area contributed by atoms with Gasteiger partial charge in [-0.3, -0.25) is 4.68 Å². The number of aromatic nitrogens is 3. The zero-order valence-corrected chi connectivity index (χ0v) is 14.5. The van der Waals surface area contributed by atoms with Gasteiger partial charge in [0.1, 0.15) is 4.90 Å². The van der Waals surface area contributed by atoms with E-state index in [2.05, 4.69) is 10.1 Å². The van der Waals surface area contributed by atoms with E-state index in [9.17, 15) is 12.8 Å². The predicted molar refractivity (Wildman–Crippen MR) is 87.7 cm³/mol. The van der Waals surface area contributed by atoms with Crippen molar-refractivity contribution < 1.29 is 12.8 Å². The SMILES string of the molecule is Cc1nn(C)cc1S(=O)(=O)N1CCCN(c2ncccc2F)CC1. The quantitative estimate of drug-likeness (QED) is 0.828. The van der Waals surface area contributed by atoms with Crippen LogP contribution in [-0.4, -0.2) is 53.7 Å². The minimum absolute atomic E-state index is 0.225.